The van der Waals surface area contributed by atoms with Crippen LogP contribution in [-0.2, 0) is 14.4 Å². The van der Waals surface area contributed by atoms with E-state index in [0.29, 0.717) is 11.5 Å². The van der Waals surface area contributed by atoms with Gasteiger partial charge in [0, 0.05) is 23.8 Å². The minimum absolute atomic E-state index is 0.197. The van der Waals surface area contributed by atoms with Crippen LogP contribution in [0.15, 0.2) is 35.4 Å². The Morgan fingerprint density at radius 2 is 1.55 bits per heavy atom. The van der Waals surface area contributed by atoms with E-state index in [4.69, 9.17) is 4.84 Å². The molecule has 1 amide bonds. The van der Waals surface area contributed by atoms with Gasteiger partial charge in [-0.15, -0.1) is 5.06 Å². The molecule has 0 saturated heterocycles. The van der Waals surface area contributed by atoms with Crippen LogP contribution in [0, 0.1) is 5.92 Å². The average molecular weight is 474 g/mol. The van der Waals surface area contributed by atoms with Gasteiger partial charge in [-0.1, -0.05) is 75.8 Å². The number of carbonyl (C=O) groups excluding carboxylic acids is 2. The molecule has 1 unspecified atom stereocenters. The molecule has 0 radical (unpaired) electrons. The number of benzene rings is 1. The van der Waals surface area contributed by atoms with Crippen molar-refractivity contribution in [1.82, 2.24) is 10.1 Å². The molecule has 0 aliphatic heterocycles. The lowest BCUT2D eigenvalue weighted by Gasteiger charge is -2.39. The van der Waals surface area contributed by atoms with Crippen LogP contribution in [0.1, 0.15) is 83.6 Å². The van der Waals surface area contributed by atoms with E-state index in [9.17, 15) is 9.59 Å². The van der Waals surface area contributed by atoms with Crippen LogP contribution >= 0.6 is 12.6 Å². The van der Waals surface area contributed by atoms with Gasteiger partial charge in [0.2, 0.25) is 5.91 Å². The second-order valence-electron chi connectivity index (χ2n) is 9.44. The van der Waals surface area contributed by atoms with Crippen LogP contribution in [0.3, 0.4) is 0 Å². The van der Waals surface area contributed by atoms with Gasteiger partial charge in [-0.3, -0.25) is 4.79 Å². The maximum Gasteiger partial charge on any atom is 0.346 e. The van der Waals surface area contributed by atoms with Gasteiger partial charge in [0.1, 0.15) is 6.54 Å². The van der Waals surface area contributed by atoms with Crippen LogP contribution in [0.2, 0.25) is 0 Å². The maximum atomic E-state index is 13.1. The summed E-state index contributed by atoms with van der Waals surface area (Å²) in [7, 11) is 0. The van der Waals surface area contributed by atoms with Crippen molar-refractivity contribution in [1.29, 1.82) is 0 Å². The fourth-order valence-electron chi connectivity index (χ4n) is 4.80. The first-order valence-corrected chi connectivity index (χ1v) is 13.1. The van der Waals surface area contributed by atoms with Crippen molar-refractivity contribution in [3.05, 3.63) is 35.9 Å². The van der Waals surface area contributed by atoms with E-state index < -0.39 is 5.97 Å². The number of rotatable bonds is 9. The number of hydrogen-bond donors (Lipinski definition) is 1. The van der Waals surface area contributed by atoms with Crippen LogP contribution < -0.4 is 0 Å². The monoisotopic (exact) mass is 473 g/mol. The number of amides is 1. The minimum atomic E-state index is -0.421. The Morgan fingerprint density at radius 3 is 2.06 bits per heavy atom. The summed E-state index contributed by atoms with van der Waals surface area (Å²) < 4.78 is 0. The molecular formula is C26H39N3O3S. The Balaban J connectivity index is 1.75. The summed E-state index contributed by atoms with van der Waals surface area (Å²) in [5.74, 6) is -0.601. The second kappa shape index (κ2) is 13.1. The number of carbonyl (C=O) groups is 2. The van der Waals surface area contributed by atoms with Crippen molar-refractivity contribution in [3.8, 4) is 0 Å². The molecule has 1 aromatic rings. The molecule has 0 aromatic heterocycles. The Bertz CT molecular complexity index is 771. The predicted molar refractivity (Wildman–Crippen MR) is 135 cm³/mol. The van der Waals surface area contributed by atoms with Crippen LogP contribution in [0.25, 0.3) is 0 Å². The van der Waals surface area contributed by atoms with Crippen molar-refractivity contribution >= 4 is 30.2 Å². The number of nitrogens with zero attached hydrogens (tertiary/aromatic N) is 3. The van der Waals surface area contributed by atoms with E-state index in [1.165, 1.54) is 43.5 Å². The fourth-order valence-corrected chi connectivity index (χ4v) is 4.96. The Kier molecular flexibility index (Phi) is 10.3. The van der Waals surface area contributed by atoms with Crippen molar-refractivity contribution in [2.75, 3.05) is 12.3 Å². The predicted octanol–water partition coefficient (Wildman–Crippen LogP) is 5.23. The third kappa shape index (κ3) is 7.57. The summed E-state index contributed by atoms with van der Waals surface area (Å²) in [6, 6.07) is 10.2. The molecular weight excluding hydrogens is 434 g/mol. The van der Waals surface area contributed by atoms with Crippen LogP contribution in [0.4, 0.5) is 0 Å². The first-order chi connectivity index (χ1) is 16.0. The summed E-state index contributed by atoms with van der Waals surface area (Å²) >= 11 is 4.27. The Morgan fingerprint density at radius 1 is 1.00 bits per heavy atom. The molecule has 2 saturated carbocycles. The van der Waals surface area contributed by atoms with E-state index in [2.05, 4.69) is 17.7 Å². The highest BCUT2D eigenvalue weighted by Crippen LogP contribution is 2.30. The van der Waals surface area contributed by atoms with E-state index in [1.807, 2.05) is 42.3 Å². The van der Waals surface area contributed by atoms with Gasteiger partial charge in [0.25, 0.3) is 0 Å². The fraction of sp³-hybridized carbons (Fsp3) is 0.654. The molecule has 0 heterocycles. The van der Waals surface area contributed by atoms with E-state index >= 15 is 0 Å². The summed E-state index contributed by atoms with van der Waals surface area (Å²) in [5.41, 5.74) is 1.59. The highest BCUT2D eigenvalue weighted by Gasteiger charge is 2.33. The molecule has 3 rings (SSSR count). The SMILES string of the molecule is CC(=NN(CC(=O)ON(C1CCCCC1)C1CCCCC1)C(=O)C(C)CS)c1ccccc1. The first-order valence-electron chi connectivity index (χ1n) is 12.5. The molecule has 6 nitrogen and oxygen atoms in total. The lowest BCUT2D eigenvalue weighted by Crippen LogP contribution is -2.48. The largest absolute Gasteiger partial charge is 0.366 e. The molecule has 2 aliphatic carbocycles. The van der Waals surface area contributed by atoms with Gasteiger partial charge in [0.05, 0.1) is 5.71 Å². The van der Waals surface area contributed by atoms with E-state index in [0.717, 1.165) is 31.2 Å². The van der Waals surface area contributed by atoms with Crippen molar-refractivity contribution in [2.45, 2.75) is 90.1 Å². The lowest BCUT2D eigenvalue weighted by molar-refractivity contribution is -0.223. The summed E-state index contributed by atoms with van der Waals surface area (Å²) in [5, 5.41) is 7.80. The van der Waals surface area contributed by atoms with Crippen molar-refractivity contribution < 1.29 is 14.4 Å². The standard InChI is InChI=1S/C26H39N3O3S/c1-20(19-33)26(31)28(27-21(2)22-12-6-3-7-13-22)18-25(30)32-29(23-14-8-4-9-15-23)24-16-10-5-11-17-24/h3,6-7,12-13,20,23-24,33H,4-5,8-11,14-19H2,1-2H3. The zero-order valence-corrected chi connectivity index (χ0v) is 21.0. The van der Waals surface area contributed by atoms with Gasteiger partial charge >= 0.3 is 5.97 Å². The van der Waals surface area contributed by atoms with Crippen LogP contribution in [-0.4, -0.2) is 52.0 Å². The molecule has 1 aromatic carbocycles. The minimum Gasteiger partial charge on any atom is -0.366 e. The summed E-state index contributed by atoms with van der Waals surface area (Å²) in [6.45, 7) is 3.46. The van der Waals surface area contributed by atoms with Gasteiger partial charge in [-0.2, -0.15) is 17.7 Å². The van der Waals surface area contributed by atoms with E-state index in [-0.39, 0.29) is 30.5 Å². The average Bonchev–Trinajstić information content (AvgIpc) is 2.87. The molecule has 1 atom stereocenters. The van der Waals surface area contributed by atoms with Gasteiger partial charge in [0.15, 0.2) is 0 Å². The molecule has 33 heavy (non-hydrogen) atoms. The maximum absolute atomic E-state index is 13.1. The molecule has 0 bridgehead atoms. The van der Waals surface area contributed by atoms with Crippen molar-refractivity contribution in [2.24, 2.45) is 11.0 Å². The molecule has 2 fully saturated rings. The number of thiol groups is 1. The molecule has 2 aliphatic rings. The molecule has 182 valence electrons. The second-order valence-corrected chi connectivity index (χ2v) is 9.80. The van der Waals surface area contributed by atoms with Gasteiger partial charge in [-0.25, -0.2) is 9.80 Å². The molecule has 7 heteroatoms. The zero-order valence-electron chi connectivity index (χ0n) is 20.1. The van der Waals surface area contributed by atoms with Crippen molar-refractivity contribution in [3.63, 3.8) is 0 Å². The lowest BCUT2D eigenvalue weighted by atomic mass is 9.90. The quantitative estimate of drug-likeness (QED) is 0.303. The smallest absolute Gasteiger partial charge is 0.346 e. The number of hydroxylamine groups is 2. The van der Waals surface area contributed by atoms with Gasteiger partial charge in [-0.05, 0) is 38.2 Å². The summed E-state index contributed by atoms with van der Waals surface area (Å²) in [6.07, 6.45) is 11.5. The molecule has 0 spiro atoms. The molecule has 0 N–H and O–H groups in total. The number of hydrogen-bond acceptors (Lipinski definition) is 6. The topological polar surface area (TPSA) is 62.2 Å². The first kappa shape index (κ1) is 25.8. The van der Waals surface area contributed by atoms with E-state index in [1.54, 1.807) is 6.92 Å². The van der Waals surface area contributed by atoms with Gasteiger partial charge < -0.3 is 4.84 Å². The third-order valence-electron chi connectivity index (χ3n) is 6.77. The Labute approximate surface area is 204 Å². The zero-order chi connectivity index (χ0) is 23.6. The van der Waals surface area contributed by atoms with Crippen LogP contribution in [0.5, 0.6) is 0 Å². The third-order valence-corrected chi connectivity index (χ3v) is 7.32. The number of hydrazone groups is 1. The Hall–Kier alpha value is -1.86. The highest BCUT2D eigenvalue weighted by molar-refractivity contribution is 7.80. The normalized spacial score (nSPS) is 19.3. The summed E-state index contributed by atoms with van der Waals surface area (Å²) in [4.78, 5) is 32.2. The highest BCUT2D eigenvalue weighted by atomic mass is 32.1.